The smallest absolute Gasteiger partial charge is 0.302 e. The summed E-state index contributed by atoms with van der Waals surface area (Å²) in [5, 5.41) is 2.83. The molecule has 1 aliphatic heterocycles. The van der Waals surface area contributed by atoms with Crippen LogP contribution in [0.2, 0.25) is 0 Å². The summed E-state index contributed by atoms with van der Waals surface area (Å²) in [6.07, 6.45) is -1.35. The maximum absolute atomic E-state index is 10.9. The van der Waals surface area contributed by atoms with Crippen LogP contribution in [0, 0.1) is 0 Å². The summed E-state index contributed by atoms with van der Waals surface area (Å²) in [4.78, 5) is 21.6. The van der Waals surface area contributed by atoms with Gasteiger partial charge in [0.15, 0.2) is 0 Å². The fourth-order valence-electron chi connectivity index (χ4n) is 1.08. The average Bonchev–Trinajstić information content (AvgIpc) is 1.97. The van der Waals surface area contributed by atoms with Crippen molar-refractivity contribution in [1.82, 2.24) is 10.6 Å². The Balaban J connectivity index is 3.50. The van der Waals surface area contributed by atoms with Gasteiger partial charge in [0.25, 0.3) is 0 Å². The molecule has 0 atom stereocenters. The first-order valence-corrected chi connectivity index (χ1v) is 6.44. The third-order valence-electron chi connectivity index (χ3n) is 1.78. The fourth-order valence-corrected chi connectivity index (χ4v) is 3.21. The van der Waals surface area contributed by atoms with Crippen molar-refractivity contribution in [2.45, 2.75) is 10.6 Å². The number of carbonyl (C=O) groups excluding carboxylic acids is 2. The first-order chi connectivity index (χ1) is 6.99. The van der Waals surface area contributed by atoms with Crippen LogP contribution in [-0.4, -0.2) is 42.1 Å². The Morgan fingerprint density at radius 1 is 1.06 bits per heavy atom. The second kappa shape index (κ2) is 3.38. The molecule has 0 aromatic rings. The molecule has 0 spiro atoms. The van der Waals surface area contributed by atoms with Crippen molar-refractivity contribution in [2.75, 3.05) is 0 Å². The number of imide groups is 1. The van der Waals surface area contributed by atoms with Crippen molar-refractivity contribution in [1.29, 1.82) is 0 Å². The number of carbonyl (C=O) groups is 2. The lowest BCUT2D eigenvalue weighted by Crippen LogP contribution is -2.67. The van der Waals surface area contributed by atoms with Gasteiger partial charge in [0, 0.05) is 0 Å². The van der Waals surface area contributed by atoms with Crippen LogP contribution in [-0.2, 0) is 25.0 Å². The van der Waals surface area contributed by atoms with Crippen LogP contribution in [0.4, 0.5) is 4.79 Å². The highest BCUT2D eigenvalue weighted by atomic mass is 32.3. The second-order valence-corrected chi connectivity index (χ2v) is 6.43. The van der Waals surface area contributed by atoms with E-state index >= 15 is 0 Å². The summed E-state index contributed by atoms with van der Waals surface area (Å²) in [5.41, 5.74) is 0. The summed E-state index contributed by atoms with van der Waals surface area (Å²) >= 11 is 0. The molecule has 0 aliphatic carbocycles. The fraction of sp³-hybridized carbons (Fsp3) is 0.500. The number of rotatable bonds is 2. The summed E-state index contributed by atoms with van der Waals surface area (Å²) in [6.45, 7) is 0. The minimum Gasteiger partial charge on any atom is -0.302 e. The highest BCUT2D eigenvalue weighted by Gasteiger charge is 2.59. The topological polar surface area (TPSA) is 167 Å². The Morgan fingerprint density at radius 2 is 1.50 bits per heavy atom. The Labute approximate surface area is 89.5 Å². The number of urea groups is 1. The SMILES string of the molecule is O=C1CC(S(=O)(=O)O)(S(=O)(=O)O)NC(=O)N1. The molecule has 1 aliphatic rings. The Kier molecular flexibility index (Phi) is 2.71. The van der Waals surface area contributed by atoms with E-state index in [0.29, 0.717) is 0 Å². The molecule has 10 nitrogen and oxygen atoms in total. The van der Waals surface area contributed by atoms with E-state index in [4.69, 9.17) is 9.11 Å². The van der Waals surface area contributed by atoms with E-state index in [0.717, 1.165) is 0 Å². The average molecular weight is 274 g/mol. The zero-order valence-corrected chi connectivity index (χ0v) is 9.00. The Bertz CT molecular complexity index is 495. The van der Waals surface area contributed by atoms with Crippen LogP contribution in [0.15, 0.2) is 0 Å². The van der Waals surface area contributed by atoms with E-state index in [2.05, 4.69) is 0 Å². The number of hydrogen-bond donors (Lipinski definition) is 4. The van der Waals surface area contributed by atoms with Crippen molar-refractivity contribution >= 4 is 32.2 Å². The van der Waals surface area contributed by atoms with Crippen LogP contribution in [0.3, 0.4) is 0 Å². The first kappa shape index (κ1) is 12.8. The van der Waals surface area contributed by atoms with E-state index in [1.807, 2.05) is 0 Å². The predicted molar refractivity (Wildman–Crippen MR) is 47.1 cm³/mol. The zero-order chi connectivity index (χ0) is 12.8. The Morgan fingerprint density at radius 3 is 1.81 bits per heavy atom. The van der Waals surface area contributed by atoms with Crippen molar-refractivity contribution < 1.29 is 35.5 Å². The number of hydrogen-bond acceptors (Lipinski definition) is 6. The van der Waals surface area contributed by atoms with Gasteiger partial charge in [-0.05, 0) is 0 Å². The molecule has 12 heteroatoms. The van der Waals surface area contributed by atoms with Crippen molar-refractivity contribution in [2.24, 2.45) is 0 Å². The first-order valence-electron chi connectivity index (χ1n) is 3.56. The lowest BCUT2D eigenvalue weighted by molar-refractivity contribution is -0.121. The predicted octanol–water partition coefficient (Wildman–Crippen LogP) is -2.35. The van der Waals surface area contributed by atoms with Gasteiger partial charge < -0.3 is 5.32 Å². The molecule has 4 N–H and O–H groups in total. The molecule has 1 heterocycles. The molecule has 0 bridgehead atoms. The molecular formula is C4H6N2O8S2. The van der Waals surface area contributed by atoms with Crippen LogP contribution in [0.25, 0.3) is 0 Å². The van der Waals surface area contributed by atoms with Crippen LogP contribution in [0.1, 0.15) is 6.42 Å². The van der Waals surface area contributed by atoms with Crippen molar-refractivity contribution in [3.05, 3.63) is 0 Å². The summed E-state index contributed by atoms with van der Waals surface area (Å²) in [5.74, 6) is -1.28. The van der Waals surface area contributed by atoms with Gasteiger partial charge in [-0.25, -0.2) is 4.79 Å². The largest absolute Gasteiger partial charge is 0.323 e. The monoisotopic (exact) mass is 274 g/mol. The highest BCUT2D eigenvalue weighted by Crippen LogP contribution is 2.26. The van der Waals surface area contributed by atoms with Gasteiger partial charge in [-0.3, -0.25) is 19.2 Å². The van der Waals surface area contributed by atoms with Crippen LogP contribution < -0.4 is 10.6 Å². The molecule has 0 aromatic carbocycles. The van der Waals surface area contributed by atoms with Crippen molar-refractivity contribution in [3.8, 4) is 0 Å². The minimum atomic E-state index is -5.44. The number of nitrogens with one attached hydrogen (secondary N) is 2. The summed E-state index contributed by atoms with van der Waals surface area (Å²) < 4.78 is 57.4. The minimum absolute atomic E-state index is 1.28. The molecule has 0 saturated carbocycles. The lowest BCUT2D eigenvalue weighted by atomic mass is 10.3. The molecule has 1 saturated heterocycles. The third kappa shape index (κ3) is 1.87. The van der Waals surface area contributed by atoms with Gasteiger partial charge in [0.2, 0.25) is 5.91 Å². The van der Waals surface area contributed by atoms with E-state index in [-0.39, 0.29) is 0 Å². The molecule has 1 fully saturated rings. The molecule has 0 radical (unpaired) electrons. The van der Waals surface area contributed by atoms with Crippen LogP contribution in [0.5, 0.6) is 0 Å². The van der Waals surface area contributed by atoms with Gasteiger partial charge in [0.05, 0.1) is 6.42 Å². The van der Waals surface area contributed by atoms with E-state index < -0.39 is 42.8 Å². The summed E-state index contributed by atoms with van der Waals surface area (Å²) in [6, 6.07) is -1.47. The molecule has 16 heavy (non-hydrogen) atoms. The molecular weight excluding hydrogens is 268 g/mol. The van der Waals surface area contributed by atoms with Gasteiger partial charge in [0.1, 0.15) is 0 Å². The Hall–Kier alpha value is -1.24. The third-order valence-corrected chi connectivity index (χ3v) is 5.21. The molecule has 0 aromatic heterocycles. The molecule has 0 unspecified atom stereocenters. The van der Waals surface area contributed by atoms with Gasteiger partial charge >= 0.3 is 30.5 Å². The molecule has 1 rings (SSSR count). The van der Waals surface area contributed by atoms with E-state index in [1.54, 1.807) is 0 Å². The number of amides is 3. The summed E-state index contributed by atoms with van der Waals surface area (Å²) in [7, 11) is -10.9. The van der Waals surface area contributed by atoms with Crippen LogP contribution >= 0.6 is 0 Å². The quantitative estimate of drug-likeness (QED) is 0.406. The molecule has 92 valence electrons. The molecule has 3 amide bonds. The van der Waals surface area contributed by atoms with Gasteiger partial charge in [-0.1, -0.05) is 0 Å². The van der Waals surface area contributed by atoms with E-state index in [9.17, 15) is 26.4 Å². The van der Waals surface area contributed by atoms with Crippen molar-refractivity contribution in [3.63, 3.8) is 0 Å². The maximum atomic E-state index is 10.9. The zero-order valence-electron chi connectivity index (χ0n) is 7.37. The normalized spacial score (nSPS) is 21.1. The highest BCUT2D eigenvalue weighted by molar-refractivity contribution is 8.05. The standard InChI is InChI=1S/C4H6N2O8S2/c7-2-1-4(15(9,10)11,16(12,13)14)6-3(8)5-2/h1H2,(H,9,10,11)(H,12,13,14)(H2,5,6,7,8). The van der Waals surface area contributed by atoms with E-state index in [1.165, 1.54) is 10.6 Å². The second-order valence-electron chi connectivity index (χ2n) is 2.88. The van der Waals surface area contributed by atoms with Gasteiger partial charge in [-0.2, -0.15) is 16.8 Å². The maximum Gasteiger partial charge on any atom is 0.323 e. The lowest BCUT2D eigenvalue weighted by Gasteiger charge is -2.30. The van der Waals surface area contributed by atoms with Gasteiger partial charge in [-0.15, -0.1) is 0 Å².